The molecule has 0 saturated heterocycles. The average Bonchev–Trinajstić information content (AvgIpc) is 3.28. The second kappa shape index (κ2) is 7.93. The van der Waals surface area contributed by atoms with E-state index in [4.69, 9.17) is 18.3 Å². The highest BCUT2D eigenvalue weighted by Gasteiger charge is 2.11. The van der Waals surface area contributed by atoms with Gasteiger partial charge >= 0.3 is 0 Å². The molecule has 1 amide bonds. The van der Waals surface area contributed by atoms with Gasteiger partial charge in [0.25, 0.3) is 5.91 Å². The van der Waals surface area contributed by atoms with Crippen LogP contribution >= 0.6 is 0 Å². The average molecular weight is 391 g/mol. The van der Waals surface area contributed by atoms with E-state index in [1.807, 2.05) is 6.07 Å². The molecule has 1 N–H and O–H groups in total. The molecular formula is C22H17NO6. The number of methoxy groups -OCH3 is 1. The van der Waals surface area contributed by atoms with Gasteiger partial charge < -0.3 is 23.6 Å². The fraction of sp³-hybridized carbons (Fsp3) is 0.0909. The molecular weight excluding hydrogens is 374 g/mol. The van der Waals surface area contributed by atoms with Crippen molar-refractivity contribution in [1.82, 2.24) is 0 Å². The zero-order valence-electron chi connectivity index (χ0n) is 15.5. The molecule has 7 heteroatoms. The van der Waals surface area contributed by atoms with E-state index in [2.05, 4.69) is 5.32 Å². The Bertz CT molecular complexity index is 1210. The molecule has 7 nitrogen and oxygen atoms in total. The summed E-state index contributed by atoms with van der Waals surface area (Å²) in [7, 11) is 1.53. The van der Waals surface area contributed by atoms with Crippen molar-refractivity contribution in [3.63, 3.8) is 0 Å². The summed E-state index contributed by atoms with van der Waals surface area (Å²) in [5.41, 5.74) is 0.713. The number of ether oxygens (including phenoxy) is 2. The Balaban J connectivity index is 1.48. The summed E-state index contributed by atoms with van der Waals surface area (Å²) in [6, 6.07) is 16.7. The van der Waals surface area contributed by atoms with E-state index < -0.39 is 0 Å². The summed E-state index contributed by atoms with van der Waals surface area (Å²) in [5.74, 6) is 1.40. The fourth-order valence-corrected chi connectivity index (χ4v) is 2.85. The summed E-state index contributed by atoms with van der Waals surface area (Å²) in [5, 5.41) is 3.07. The van der Waals surface area contributed by atoms with Crippen LogP contribution in [0.5, 0.6) is 11.5 Å². The van der Waals surface area contributed by atoms with Gasteiger partial charge in [0, 0.05) is 6.07 Å². The van der Waals surface area contributed by atoms with Gasteiger partial charge in [-0.05, 0) is 42.5 Å². The van der Waals surface area contributed by atoms with Crippen LogP contribution in [0.25, 0.3) is 22.5 Å². The largest absolute Gasteiger partial charge is 0.495 e. The van der Waals surface area contributed by atoms with E-state index in [-0.39, 0.29) is 17.9 Å². The molecule has 0 saturated carbocycles. The predicted octanol–water partition coefficient (Wildman–Crippen LogP) is 4.08. The predicted molar refractivity (Wildman–Crippen MR) is 107 cm³/mol. The first-order chi connectivity index (χ1) is 14.1. The minimum atomic E-state index is -0.352. The number of carbonyl (C=O) groups excluding carboxylic acids is 1. The van der Waals surface area contributed by atoms with Gasteiger partial charge in [0.2, 0.25) is 0 Å². The van der Waals surface area contributed by atoms with E-state index in [0.29, 0.717) is 39.7 Å². The number of benzene rings is 2. The molecule has 2 heterocycles. The van der Waals surface area contributed by atoms with Crippen LogP contribution in [0.15, 0.2) is 80.6 Å². The molecule has 0 aliphatic rings. The molecule has 0 unspecified atom stereocenters. The molecule has 2 aromatic carbocycles. The van der Waals surface area contributed by atoms with E-state index in [1.54, 1.807) is 48.5 Å². The molecule has 0 radical (unpaired) electrons. The molecule has 0 bridgehead atoms. The zero-order valence-corrected chi connectivity index (χ0v) is 15.5. The maximum atomic E-state index is 12.4. The first-order valence-electron chi connectivity index (χ1n) is 8.81. The molecule has 0 spiro atoms. The van der Waals surface area contributed by atoms with Crippen molar-refractivity contribution < 1.29 is 23.1 Å². The first kappa shape index (κ1) is 18.4. The fourth-order valence-electron chi connectivity index (χ4n) is 2.85. The highest BCUT2D eigenvalue weighted by Crippen LogP contribution is 2.25. The lowest BCUT2D eigenvalue weighted by Crippen LogP contribution is -2.20. The molecule has 146 valence electrons. The number of anilines is 1. The Kier molecular flexibility index (Phi) is 5.03. The number of rotatable bonds is 6. The monoisotopic (exact) mass is 391 g/mol. The maximum Gasteiger partial charge on any atom is 0.262 e. The molecule has 4 rings (SSSR count). The summed E-state index contributed by atoms with van der Waals surface area (Å²) >= 11 is 0. The first-order valence-corrected chi connectivity index (χ1v) is 8.81. The number of carbonyl (C=O) groups is 1. The number of hydrogen-bond acceptors (Lipinski definition) is 6. The van der Waals surface area contributed by atoms with Gasteiger partial charge in [-0.25, -0.2) is 0 Å². The topological polar surface area (TPSA) is 90.9 Å². The molecule has 0 fully saturated rings. The number of fused-ring (bicyclic) bond motifs is 1. The molecule has 0 aliphatic heterocycles. The molecule has 29 heavy (non-hydrogen) atoms. The minimum Gasteiger partial charge on any atom is -0.495 e. The lowest BCUT2D eigenvalue weighted by atomic mass is 10.2. The third kappa shape index (κ3) is 3.98. The standard InChI is InChI=1S/C22H17NO6/c1-26-19-6-3-2-5-16(19)23-22(25)13-28-14-8-9-18-15(11-14)17(24)12-21(29-18)20-7-4-10-27-20/h2-12H,13H2,1H3,(H,23,25). The van der Waals surface area contributed by atoms with E-state index in [0.717, 1.165) is 0 Å². The maximum absolute atomic E-state index is 12.4. The third-order valence-corrected chi connectivity index (χ3v) is 4.21. The number of para-hydroxylation sites is 2. The van der Waals surface area contributed by atoms with Crippen LogP contribution in [0.2, 0.25) is 0 Å². The van der Waals surface area contributed by atoms with Gasteiger partial charge in [-0.2, -0.15) is 0 Å². The van der Waals surface area contributed by atoms with Gasteiger partial charge in [0.05, 0.1) is 24.4 Å². The Morgan fingerprint density at radius 2 is 1.90 bits per heavy atom. The van der Waals surface area contributed by atoms with Crippen LogP contribution in [0.3, 0.4) is 0 Å². The summed E-state index contributed by atoms with van der Waals surface area (Å²) < 4.78 is 21.7. The van der Waals surface area contributed by atoms with Crippen molar-refractivity contribution in [3.8, 4) is 23.0 Å². The number of nitrogens with one attached hydrogen (secondary N) is 1. The minimum absolute atomic E-state index is 0.223. The second-order valence-corrected chi connectivity index (χ2v) is 6.15. The van der Waals surface area contributed by atoms with Crippen LogP contribution in [0.4, 0.5) is 5.69 Å². The molecule has 0 atom stereocenters. The Hall–Kier alpha value is -4.00. The van der Waals surface area contributed by atoms with Crippen molar-refractivity contribution in [2.45, 2.75) is 0 Å². The van der Waals surface area contributed by atoms with Crippen molar-refractivity contribution in [3.05, 3.63) is 77.2 Å². The molecule has 0 aliphatic carbocycles. The summed E-state index contributed by atoms with van der Waals surface area (Å²) in [6.07, 6.45) is 1.51. The summed E-state index contributed by atoms with van der Waals surface area (Å²) in [6.45, 7) is -0.223. The van der Waals surface area contributed by atoms with E-state index in [9.17, 15) is 9.59 Å². The smallest absolute Gasteiger partial charge is 0.262 e. The molecule has 4 aromatic rings. The summed E-state index contributed by atoms with van der Waals surface area (Å²) in [4.78, 5) is 24.6. The van der Waals surface area contributed by atoms with Crippen molar-refractivity contribution >= 4 is 22.6 Å². The van der Waals surface area contributed by atoms with Gasteiger partial charge in [-0.1, -0.05) is 12.1 Å². The van der Waals surface area contributed by atoms with Gasteiger partial charge in [-0.15, -0.1) is 0 Å². The Morgan fingerprint density at radius 1 is 1.03 bits per heavy atom. The normalized spacial score (nSPS) is 10.7. The van der Waals surface area contributed by atoms with Crippen molar-refractivity contribution in [2.75, 3.05) is 19.0 Å². The lowest BCUT2D eigenvalue weighted by Gasteiger charge is -2.11. The lowest BCUT2D eigenvalue weighted by molar-refractivity contribution is -0.118. The number of furan rings is 1. The second-order valence-electron chi connectivity index (χ2n) is 6.15. The van der Waals surface area contributed by atoms with E-state index >= 15 is 0 Å². The third-order valence-electron chi connectivity index (χ3n) is 4.21. The van der Waals surface area contributed by atoms with Crippen LogP contribution in [-0.2, 0) is 4.79 Å². The van der Waals surface area contributed by atoms with Crippen molar-refractivity contribution in [2.24, 2.45) is 0 Å². The molecule has 2 aromatic heterocycles. The van der Waals surface area contributed by atoms with Gasteiger partial charge in [0.15, 0.2) is 23.6 Å². The van der Waals surface area contributed by atoms with Crippen LogP contribution in [-0.4, -0.2) is 19.6 Å². The Morgan fingerprint density at radius 3 is 2.69 bits per heavy atom. The van der Waals surface area contributed by atoms with E-state index in [1.165, 1.54) is 19.4 Å². The van der Waals surface area contributed by atoms with Crippen LogP contribution in [0, 0.1) is 0 Å². The highest BCUT2D eigenvalue weighted by atomic mass is 16.5. The van der Waals surface area contributed by atoms with Crippen molar-refractivity contribution in [1.29, 1.82) is 0 Å². The zero-order chi connectivity index (χ0) is 20.2. The van der Waals surface area contributed by atoms with Crippen LogP contribution < -0.4 is 20.2 Å². The number of amides is 1. The highest BCUT2D eigenvalue weighted by molar-refractivity contribution is 5.93. The quantitative estimate of drug-likeness (QED) is 0.533. The van der Waals surface area contributed by atoms with Gasteiger partial charge in [0.1, 0.15) is 17.1 Å². The SMILES string of the molecule is COc1ccccc1NC(=O)COc1ccc2oc(-c3ccco3)cc(=O)c2c1. The number of hydrogen-bond donors (Lipinski definition) is 1. The van der Waals surface area contributed by atoms with Crippen LogP contribution in [0.1, 0.15) is 0 Å². The van der Waals surface area contributed by atoms with Gasteiger partial charge in [-0.3, -0.25) is 9.59 Å². The Labute approximate surface area is 165 Å².